The summed E-state index contributed by atoms with van der Waals surface area (Å²) in [5, 5.41) is 7.60. The SMILES string of the molecule is Cc1cc(N2CCN(C(=O)C3CCCNC3)CC2)n2ncnc2n1.Cl.Cl. The zero-order valence-electron chi connectivity index (χ0n) is 14.8. The number of nitrogens with one attached hydrogen (secondary N) is 1. The van der Waals surface area contributed by atoms with E-state index in [-0.39, 0.29) is 30.7 Å². The molecule has 2 aromatic rings. The lowest BCUT2D eigenvalue weighted by atomic mass is 9.98. The molecular formula is C16H25Cl2N7O. The van der Waals surface area contributed by atoms with Gasteiger partial charge in [0.1, 0.15) is 12.1 Å². The topological polar surface area (TPSA) is 78.7 Å². The van der Waals surface area contributed by atoms with Crippen molar-refractivity contribution in [3.8, 4) is 0 Å². The lowest BCUT2D eigenvalue weighted by Gasteiger charge is -2.38. The molecule has 10 heteroatoms. The molecule has 8 nitrogen and oxygen atoms in total. The first-order chi connectivity index (χ1) is 11.7. The highest BCUT2D eigenvalue weighted by atomic mass is 35.5. The Kier molecular flexibility index (Phi) is 7.02. The van der Waals surface area contributed by atoms with Gasteiger partial charge < -0.3 is 15.1 Å². The van der Waals surface area contributed by atoms with Gasteiger partial charge in [-0.2, -0.15) is 14.6 Å². The molecule has 2 aliphatic heterocycles. The minimum atomic E-state index is 0. The fourth-order valence-electron chi connectivity index (χ4n) is 3.61. The van der Waals surface area contributed by atoms with Crippen molar-refractivity contribution in [1.29, 1.82) is 0 Å². The maximum absolute atomic E-state index is 12.7. The standard InChI is InChI=1S/C16H23N7O.2ClH/c1-12-9-14(23-16(20-12)18-11-19-23)21-5-7-22(8-6-21)15(24)13-3-2-4-17-10-13;;/h9,11,13,17H,2-8,10H2,1H3;2*1H. The first-order valence-electron chi connectivity index (χ1n) is 8.64. The molecule has 0 radical (unpaired) electrons. The van der Waals surface area contributed by atoms with Crippen molar-refractivity contribution in [1.82, 2.24) is 29.8 Å². The summed E-state index contributed by atoms with van der Waals surface area (Å²) in [7, 11) is 0. The predicted octanol–water partition coefficient (Wildman–Crippen LogP) is 0.925. The largest absolute Gasteiger partial charge is 0.353 e. The summed E-state index contributed by atoms with van der Waals surface area (Å²) >= 11 is 0. The second kappa shape index (κ2) is 8.83. The van der Waals surface area contributed by atoms with Gasteiger partial charge in [0.05, 0.1) is 5.92 Å². The van der Waals surface area contributed by atoms with E-state index in [0.717, 1.165) is 63.6 Å². The van der Waals surface area contributed by atoms with Crippen LogP contribution >= 0.6 is 24.8 Å². The normalized spacial score (nSPS) is 20.4. The third kappa shape index (κ3) is 4.02. The van der Waals surface area contributed by atoms with Crippen LogP contribution in [0.5, 0.6) is 0 Å². The van der Waals surface area contributed by atoms with Gasteiger partial charge in [-0.25, -0.2) is 4.98 Å². The maximum Gasteiger partial charge on any atom is 0.254 e. The van der Waals surface area contributed by atoms with E-state index in [2.05, 4.69) is 25.3 Å². The fraction of sp³-hybridized carbons (Fsp3) is 0.625. The number of carbonyl (C=O) groups is 1. The van der Waals surface area contributed by atoms with Crippen LogP contribution in [0.2, 0.25) is 0 Å². The van der Waals surface area contributed by atoms with E-state index >= 15 is 0 Å². The van der Waals surface area contributed by atoms with Crippen LogP contribution in [0.3, 0.4) is 0 Å². The molecule has 1 unspecified atom stereocenters. The van der Waals surface area contributed by atoms with Crippen LogP contribution in [0.25, 0.3) is 5.78 Å². The second-order valence-corrected chi connectivity index (χ2v) is 6.58. The number of hydrogen-bond acceptors (Lipinski definition) is 6. The quantitative estimate of drug-likeness (QED) is 0.805. The second-order valence-electron chi connectivity index (χ2n) is 6.58. The lowest BCUT2D eigenvalue weighted by molar-refractivity contribution is -0.136. The number of carbonyl (C=O) groups excluding carboxylic acids is 1. The average Bonchev–Trinajstić information content (AvgIpc) is 3.09. The molecule has 2 fully saturated rings. The molecule has 1 atom stereocenters. The van der Waals surface area contributed by atoms with Gasteiger partial charge in [0.25, 0.3) is 5.78 Å². The molecule has 0 saturated carbocycles. The Balaban J connectivity index is 0.00000121. The monoisotopic (exact) mass is 401 g/mol. The van der Waals surface area contributed by atoms with Crippen molar-refractivity contribution in [2.75, 3.05) is 44.2 Å². The van der Waals surface area contributed by atoms with Crippen molar-refractivity contribution >= 4 is 42.3 Å². The van der Waals surface area contributed by atoms with Crippen molar-refractivity contribution in [2.45, 2.75) is 19.8 Å². The number of nitrogens with zero attached hydrogens (tertiary/aromatic N) is 6. The van der Waals surface area contributed by atoms with Crippen molar-refractivity contribution in [3.63, 3.8) is 0 Å². The molecular weight excluding hydrogens is 377 g/mol. The van der Waals surface area contributed by atoms with E-state index in [1.54, 1.807) is 4.52 Å². The molecule has 144 valence electrons. The van der Waals surface area contributed by atoms with Crippen LogP contribution in [-0.4, -0.2) is 69.7 Å². The number of rotatable bonds is 2. The summed E-state index contributed by atoms with van der Waals surface area (Å²) in [5.41, 5.74) is 0.928. The molecule has 0 aromatic carbocycles. The van der Waals surface area contributed by atoms with Gasteiger partial charge in [-0.3, -0.25) is 4.79 Å². The minimum absolute atomic E-state index is 0. The summed E-state index contributed by atoms with van der Waals surface area (Å²) in [4.78, 5) is 25.5. The highest BCUT2D eigenvalue weighted by Gasteiger charge is 2.29. The van der Waals surface area contributed by atoms with Crippen molar-refractivity contribution in [2.24, 2.45) is 5.92 Å². The van der Waals surface area contributed by atoms with Crippen molar-refractivity contribution < 1.29 is 4.79 Å². The van der Waals surface area contributed by atoms with Gasteiger partial charge in [-0.15, -0.1) is 24.8 Å². The van der Waals surface area contributed by atoms with Crippen LogP contribution in [0.1, 0.15) is 18.5 Å². The molecule has 2 aliphatic rings. The fourth-order valence-corrected chi connectivity index (χ4v) is 3.61. The number of piperidine rings is 1. The van der Waals surface area contributed by atoms with Crippen LogP contribution in [0, 0.1) is 12.8 Å². The zero-order valence-corrected chi connectivity index (χ0v) is 16.4. The minimum Gasteiger partial charge on any atom is -0.353 e. The Morgan fingerprint density at radius 3 is 2.69 bits per heavy atom. The van der Waals surface area contributed by atoms with Gasteiger partial charge in [0.2, 0.25) is 5.91 Å². The molecule has 1 N–H and O–H groups in total. The molecule has 4 heterocycles. The van der Waals surface area contributed by atoms with Gasteiger partial charge in [0.15, 0.2) is 0 Å². The summed E-state index contributed by atoms with van der Waals surface area (Å²) in [5.74, 6) is 2.08. The average molecular weight is 402 g/mol. The van der Waals surface area contributed by atoms with E-state index < -0.39 is 0 Å². The smallest absolute Gasteiger partial charge is 0.254 e. The zero-order chi connectivity index (χ0) is 16.5. The van der Waals surface area contributed by atoms with Crippen LogP contribution < -0.4 is 10.2 Å². The first-order valence-corrected chi connectivity index (χ1v) is 8.64. The molecule has 2 saturated heterocycles. The lowest BCUT2D eigenvalue weighted by Crippen LogP contribution is -2.52. The Morgan fingerprint density at radius 1 is 1.23 bits per heavy atom. The molecule has 4 rings (SSSR count). The summed E-state index contributed by atoms with van der Waals surface area (Å²) in [6.45, 7) is 6.96. The third-order valence-corrected chi connectivity index (χ3v) is 4.92. The predicted molar refractivity (Wildman–Crippen MR) is 104 cm³/mol. The van der Waals surface area contributed by atoms with Gasteiger partial charge >= 0.3 is 0 Å². The maximum atomic E-state index is 12.7. The summed E-state index contributed by atoms with van der Waals surface area (Å²) in [6, 6.07) is 2.03. The van der Waals surface area contributed by atoms with Crippen LogP contribution in [0.15, 0.2) is 12.4 Å². The Hall–Kier alpha value is -1.64. The highest BCUT2D eigenvalue weighted by Crippen LogP contribution is 2.20. The molecule has 2 aromatic heterocycles. The van der Waals surface area contributed by atoms with Crippen LogP contribution in [-0.2, 0) is 4.79 Å². The van der Waals surface area contributed by atoms with E-state index in [4.69, 9.17) is 0 Å². The number of piperazine rings is 1. The number of hydrogen-bond donors (Lipinski definition) is 1. The number of anilines is 1. The van der Waals surface area contributed by atoms with Gasteiger partial charge in [0, 0.05) is 44.5 Å². The van der Waals surface area contributed by atoms with E-state index in [1.165, 1.54) is 6.33 Å². The summed E-state index contributed by atoms with van der Waals surface area (Å²) < 4.78 is 1.77. The number of fused-ring (bicyclic) bond motifs is 1. The number of aromatic nitrogens is 4. The molecule has 1 amide bonds. The molecule has 0 spiro atoms. The Morgan fingerprint density at radius 2 is 2.00 bits per heavy atom. The Bertz CT molecular complexity index is 739. The number of aryl methyl sites for hydroxylation is 1. The van der Waals surface area contributed by atoms with Gasteiger partial charge in [-0.05, 0) is 26.3 Å². The molecule has 0 bridgehead atoms. The van der Waals surface area contributed by atoms with E-state index in [0.29, 0.717) is 11.7 Å². The van der Waals surface area contributed by atoms with E-state index in [1.807, 2.05) is 17.9 Å². The highest BCUT2D eigenvalue weighted by molar-refractivity contribution is 5.85. The summed E-state index contributed by atoms with van der Waals surface area (Å²) in [6.07, 6.45) is 3.63. The number of amides is 1. The molecule has 0 aliphatic carbocycles. The Labute approximate surface area is 165 Å². The van der Waals surface area contributed by atoms with E-state index in [9.17, 15) is 4.79 Å². The third-order valence-electron chi connectivity index (χ3n) is 4.92. The van der Waals surface area contributed by atoms with Gasteiger partial charge in [-0.1, -0.05) is 0 Å². The van der Waals surface area contributed by atoms with Crippen LogP contribution in [0.4, 0.5) is 5.82 Å². The first kappa shape index (κ1) is 20.7. The number of halogens is 2. The molecule has 26 heavy (non-hydrogen) atoms. The van der Waals surface area contributed by atoms with Crippen molar-refractivity contribution in [3.05, 3.63) is 18.1 Å².